The molecule has 26 heavy (non-hydrogen) atoms. The second kappa shape index (κ2) is 8.30. The van der Waals surface area contributed by atoms with E-state index in [1.165, 1.54) is 5.56 Å². The molecule has 0 unspecified atom stereocenters. The van der Waals surface area contributed by atoms with Gasteiger partial charge in [0.25, 0.3) is 0 Å². The first-order valence-electron chi connectivity index (χ1n) is 9.00. The Morgan fingerprint density at radius 3 is 2.62 bits per heavy atom. The molecule has 2 rings (SSSR count). The predicted octanol–water partition coefficient (Wildman–Crippen LogP) is 4.48. The first-order valence-corrected chi connectivity index (χ1v) is 9.41. The molecule has 1 atom stereocenters. The molecule has 0 bridgehead atoms. The van der Waals surface area contributed by atoms with Gasteiger partial charge < -0.3 is 9.64 Å². The summed E-state index contributed by atoms with van der Waals surface area (Å²) in [5, 5.41) is 2.46. The van der Waals surface area contributed by atoms with Crippen molar-refractivity contribution in [1.82, 2.24) is 9.80 Å². The molecule has 0 radical (unpaired) electrons. The van der Waals surface area contributed by atoms with Gasteiger partial charge in [0.1, 0.15) is 5.60 Å². The van der Waals surface area contributed by atoms with Crippen molar-refractivity contribution in [2.45, 2.75) is 59.7 Å². The van der Waals surface area contributed by atoms with E-state index in [-0.39, 0.29) is 12.1 Å². The van der Waals surface area contributed by atoms with Gasteiger partial charge in [-0.2, -0.15) is 4.99 Å². The fourth-order valence-corrected chi connectivity index (χ4v) is 3.35. The zero-order valence-electron chi connectivity index (χ0n) is 16.6. The summed E-state index contributed by atoms with van der Waals surface area (Å²) in [7, 11) is 0. The van der Waals surface area contributed by atoms with Crippen molar-refractivity contribution >= 4 is 29.2 Å². The van der Waals surface area contributed by atoms with E-state index >= 15 is 0 Å². The van der Waals surface area contributed by atoms with Crippen LogP contribution in [0.25, 0.3) is 0 Å². The van der Waals surface area contributed by atoms with Crippen molar-refractivity contribution in [1.29, 1.82) is 0 Å². The Morgan fingerprint density at radius 1 is 1.35 bits per heavy atom. The number of ether oxygens (including phenoxy) is 1. The van der Waals surface area contributed by atoms with E-state index in [0.717, 1.165) is 36.4 Å². The van der Waals surface area contributed by atoms with Crippen molar-refractivity contribution in [2.24, 2.45) is 4.99 Å². The molecule has 1 aromatic carbocycles. The molecule has 0 N–H and O–H groups in total. The smallest absolute Gasteiger partial charge is 0.410 e. The Kier molecular flexibility index (Phi) is 6.56. The largest absolute Gasteiger partial charge is 0.444 e. The van der Waals surface area contributed by atoms with Gasteiger partial charge in [-0.25, -0.2) is 4.79 Å². The maximum absolute atomic E-state index is 12.4. The van der Waals surface area contributed by atoms with Crippen molar-refractivity contribution < 1.29 is 9.53 Å². The lowest BCUT2D eigenvalue weighted by Crippen LogP contribution is -2.54. The molecular formula is C20H29N3O2S. The average Bonchev–Trinajstić information content (AvgIpc) is 2.50. The van der Waals surface area contributed by atoms with Crippen LogP contribution in [0.3, 0.4) is 0 Å². The number of isothiocyanates is 1. The summed E-state index contributed by atoms with van der Waals surface area (Å²) in [4.78, 5) is 20.7. The van der Waals surface area contributed by atoms with E-state index in [1.54, 1.807) is 0 Å². The Labute approximate surface area is 162 Å². The van der Waals surface area contributed by atoms with Crippen molar-refractivity contribution in [3.05, 3.63) is 28.8 Å². The SMILES string of the molecule is Cc1cc(CN2CCN(C(=O)OC(C)(C)C)[C@@H](C)C2)c(C)c(N=C=S)c1. The van der Waals surface area contributed by atoms with E-state index < -0.39 is 5.60 Å². The molecule has 1 aliphatic heterocycles. The monoisotopic (exact) mass is 375 g/mol. The molecule has 1 fully saturated rings. The third-order valence-corrected chi connectivity index (χ3v) is 4.62. The van der Waals surface area contributed by atoms with Gasteiger partial charge in [0.2, 0.25) is 0 Å². The van der Waals surface area contributed by atoms with Crippen LogP contribution in [-0.4, -0.2) is 52.3 Å². The topological polar surface area (TPSA) is 45.1 Å². The number of hydrogen-bond acceptors (Lipinski definition) is 5. The lowest BCUT2D eigenvalue weighted by atomic mass is 10.0. The molecular weight excluding hydrogens is 346 g/mol. The summed E-state index contributed by atoms with van der Waals surface area (Å²) in [6.07, 6.45) is -0.228. The van der Waals surface area contributed by atoms with Crippen molar-refractivity contribution in [3.63, 3.8) is 0 Å². The molecule has 1 amide bonds. The van der Waals surface area contributed by atoms with E-state index in [2.05, 4.69) is 41.9 Å². The van der Waals surface area contributed by atoms with Gasteiger partial charge in [-0.15, -0.1) is 0 Å². The van der Waals surface area contributed by atoms with E-state index in [9.17, 15) is 4.79 Å². The highest BCUT2D eigenvalue weighted by atomic mass is 32.1. The predicted molar refractivity (Wildman–Crippen MR) is 108 cm³/mol. The third-order valence-electron chi connectivity index (χ3n) is 4.53. The first kappa shape index (κ1) is 20.6. The van der Waals surface area contributed by atoms with E-state index in [0.29, 0.717) is 6.54 Å². The molecule has 6 heteroatoms. The quantitative estimate of drug-likeness (QED) is 0.577. The van der Waals surface area contributed by atoms with Crippen molar-refractivity contribution in [2.75, 3.05) is 19.6 Å². The first-order chi connectivity index (χ1) is 12.1. The number of aryl methyl sites for hydroxylation is 1. The number of carbonyl (C=O) groups excluding carboxylic acids is 1. The molecule has 5 nitrogen and oxygen atoms in total. The molecule has 1 saturated heterocycles. The number of benzene rings is 1. The summed E-state index contributed by atoms with van der Waals surface area (Å²) in [5.41, 5.74) is 3.96. The Balaban J connectivity index is 2.06. The third kappa shape index (κ3) is 5.37. The van der Waals surface area contributed by atoms with Gasteiger partial charge in [-0.1, -0.05) is 6.07 Å². The molecule has 1 heterocycles. The molecule has 142 valence electrons. The summed E-state index contributed by atoms with van der Waals surface area (Å²) in [6, 6.07) is 4.34. The van der Waals surface area contributed by atoms with Gasteiger partial charge >= 0.3 is 6.09 Å². The lowest BCUT2D eigenvalue weighted by molar-refractivity contribution is 0.000542. The summed E-state index contributed by atoms with van der Waals surface area (Å²) >= 11 is 4.76. The highest BCUT2D eigenvalue weighted by Crippen LogP contribution is 2.26. The normalized spacial score (nSPS) is 18.4. The van der Waals surface area contributed by atoms with Gasteiger partial charge in [0.15, 0.2) is 0 Å². The van der Waals surface area contributed by atoms with Crippen LogP contribution < -0.4 is 0 Å². The lowest BCUT2D eigenvalue weighted by Gasteiger charge is -2.40. The van der Waals surface area contributed by atoms with Crippen LogP contribution >= 0.6 is 12.2 Å². The minimum Gasteiger partial charge on any atom is -0.444 e. The molecule has 1 aromatic rings. The Bertz CT molecular complexity index is 721. The van der Waals surface area contributed by atoms with Crippen LogP contribution in [0.15, 0.2) is 17.1 Å². The maximum atomic E-state index is 12.4. The summed E-state index contributed by atoms with van der Waals surface area (Å²) in [6.45, 7) is 15.0. The van der Waals surface area contributed by atoms with Gasteiger partial charge in [-0.05, 0) is 76.5 Å². The Morgan fingerprint density at radius 2 is 2.04 bits per heavy atom. The van der Waals surface area contributed by atoms with Crippen LogP contribution in [0.2, 0.25) is 0 Å². The molecule has 0 aliphatic carbocycles. The molecule has 1 aliphatic rings. The minimum absolute atomic E-state index is 0.113. The fraction of sp³-hybridized carbons (Fsp3) is 0.600. The average molecular weight is 376 g/mol. The number of carbonyl (C=O) groups is 1. The van der Waals surface area contributed by atoms with Gasteiger partial charge in [-0.3, -0.25) is 4.90 Å². The number of aliphatic imine (C=N–C) groups is 1. The van der Waals surface area contributed by atoms with Crippen LogP contribution in [0.1, 0.15) is 44.4 Å². The number of rotatable bonds is 3. The van der Waals surface area contributed by atoms with Crippen LogP contribution in [0.4, 0.5) is 10.5 Å². The summed E-state index contributed by atoms with van der Waals surface area (Å²) < 4.78 is 5.52. The van der Waals surface area contributed by atoms with Crippen LogP contribution in [0, 0.1) is 13.8 Å². The fourth-order valence-electron chi connectivity index (χ4n) is 3.25. The molecule has 0 spiro atoms. The molecule has 0 aromatic heterocycles. The van der Waals surface area contributed by atoms with Crippen LogP contribution in [-0.2, 0) is 11.3 Å². The number of amides is 1. The number of nitrogens with zero attached hydrogens (tertiary/aromatic N) is 3. The zero-order valence-corrected chi connectivity index (χ0v) is 17.4. The zero-order chi connectivity index (χ0) is 19.5. The summed E-state index contributed by atoms with van der Waals surface area (Å²) in [5.74, 6) is 0. The molecule has 0 saturated carbocycles. The van der Waals surface area contributed by atoms with Gasteiger partial charge in [0.05, 0.1) is 10.8 Å². The van der Waals surface area contributed by atoms with E-state index in [4.69, 9.17) is 17.0 Å². The second-order valence-electron chi connectivity index (χ2n) is 8.03. The maximum Gasteiger partial charge on any atom is 0.410 e. The highest BCUT2D eigenvalue weighted by Gasteiger charge is 2.30. The number of thiocarbonyl (C=S) groups is 1. The standard InChI is InChI=1S/C20H29N3O2S/c1-14-9-17(16(3)18(10-14)21-13-26)12-22-7-8-23(15(2)11-22)19(24)25-20(4,5)6/h9-10,15H,7-8,11-12H2,1-6H3/t15-/m0/s1. The van der Waals surface area contributed by atoms with Gasteiger partial charge in [0, 0.05) is 32.2 Å². The Hall–Kier alpha value is -1.75. The minimum atomic E-state index is -0.467. The van der Waals surface area contributed by atoms with E-state index in [1.807, 2.05) is 31.7 Å². The second-order valence-corrected chi connectivity index (χ2v) is 8.21. The number of hydrogen-bond donors (Lipinski definition) is 0. The van der Waals surface area contributed by atoms with Crippen LogP contribution in [0.5, 0.6) is 0 Å². The highest BCUT2D eigenvalue weighted by molar-refractivity contribution is 7.78. The number of piperazine rings is 1. The van der Waals surface area contributed by atoms with Crippen molar-refractivity contribution in [3.8, 4) is 0 Å².